The van der Waals surface area contributed by atoms with Crippen LogP contribution in [0.15, 0.2) is 48.5 Å². The smallest absolute Gasteiger partial charge is 0.253 e. The molecule has 6 nitrogen and oxygen atoms in total. The Morgan fingerprint density at radius 2 is 1.67 bits per heavy atom. The summed E-state index contributed by atoms with van der Waals surface area (Å²) in [6.07, 6.45) is 1.64. The lowest BCUT2D eigenvalue weighted by Gasteiger charge is -2.35. The van der Waals surface area contributed by atoms with Crippen molar-refractivity contribution in [3.63, 3.8) is 0 Å². The molecule has 8 heteroatoms. The zero-order chi connectivity index (χ0) is 21.1. The van der Waals surface area contributed by atoms with Crippen LogP contribution in [0.4, 0.5) is 5.69 Å². The maximum Gasteiger partial charge on any atom is 0.253 e. The maximum atomic E-state index is 12.7. The van der Waals surface area contributed by atoms with E-state index in [1.807, 2.05) is 29.2 Å². The van der Waals surface area contributed by atoms with Crippen LogP contribution in [-0.2, 0) is 16.6 Å². The van der Waals surface area contributed by atoms with Crippen molar-refractivity contribution in [2.45, 2.75) is 19.4 Å². The van der Waals surface area contributed by atoms with Crippen molar-refractivity contribution in [3.8, 4) is 0 Å². The van der Waals surface area contributed by atoms with Crippen LogP contribution in [0.3, 0.4) is 0 Å². The van der Waals surface area contributed by atoms with Crippen LogP contribution in [0, 0.1) is 0 Å². The Hall–Kier alpha value is -2.09. The van der Waals surface area contributed by atoms with E-state index in [9.17, 15) is 13.2 Å². The first-order valence-electron chi connectivity index (χ1n) is 10.3. The molecule has 2 aliphatic heterocycles. The first-order valence-corrected chi connectivity index (χ1v) is 12.3. The molecule has 1 amide bonds. The molecule has 0 saturated carbocycles. The van der Waals surface area contributed by atoms with E-state index in [1.165, 1.54) is 4.31 Å². The number of rotatable bonds is 4. The molecule has 2 aliphatic rings. The van der Waals surface area contributed by atoms with Crippen LogP contribution < -0.4 is 4.31 Å². The second-order valence-electron chi connectivity index (χ2n) is 7.84. The van der Waals surface area contributed by atoms with Gasteiger partial charge in [0.15, 0.2) is 0 Å². The predicted molar refractivity (Wildman–Crippen MR) is 119 cm³/mol. The summed E-state index contributed by atoms with van der Waals surface area (Å²) in [5.74, 6) is 0.247. The fraction of sp³-hybridized carbons (Fsp3) is 0.409. The third-order valence-electron chi connectivity index (χ3n) is 5.71. The van der Waals surface area contributed by atoms with Crippen molar-refractivity contribution in [2.75, 3.05) is 42.8 Å². The normalized spacial score (nSPS) is 19.6. The highest BCUT2D eigenvalue weighted by Crippen LogP contribution is 2.24. The molecule has 2 fully saturated rings. The molecule has 0 aliphatic carbocycles. The molecule has 0 N–H and O–H groups in total. The molecule has 2 heterocycles. The minimum atomic E-state index is -3.18. The molecular weight excluding hydrogens is 422 g/mol. The van der Waals surface area contributed by atoms with Crippen molar-refractivity contribution in [3.05, 3.63) is 64.7 Å². The van der Waals surface area contributed by atoms with Gasteiger partial charge in [-0.3, -0.25) is 14.0 Å². The molecule has 0 aromatic heterocycles. The molecule has 4 rings (SSSR count). The molecular formula is C22H26ClN3O3S. The van der Waals surface area contributed by atoms with Crippen LogP contribution in [0.25, 0.3) is 0 Å². The first kappa shape index (κ1) is 21.2. The molecule has 2 aromatic carbocycles. The highest BCUT2D eigenvalue weighted by Gasteiger charge is 2.26. The lowest BCUT2D eigenvalue weighted by molar-refractivity contribution is 0.0628. The molecule has 0 spiro atoms. The van der Waals surface area contributed by atoms with Crippen LogP contribution in [-0.4, -0.2) is 62.6 Å². The standard InChI is InChI=1S/C22H26ClN3O3S/c23-20-5-3-4-19(16-20)22(27)25-13-11-24(12-14-25)17-18-6-8-21(9-7-18)26-10-1-2-15-30(26,28)29/h3-9,16H,1-2,10-15,17H2. The van der Waals surface area contributed by atoms with Gasteiger partial charge in [0.25, 0.3) is 5.91 Å². The monoisotopic (exact) mass is 447 g/mol. The van der Waals surface area contributed by atoms with Crippen molar-refractivity contribution in [1.82, 2.24) is 9.80 Å². The maximum absolute atomic E-state index is 12.7. The first-order chi connectivity index (χ1) is 14.4. The van der Waals surface area contributed by atoms with E-state index in [0.29, 0.717) is 30.2 Å². The number of piperazine rings is 1. The van der Waals surface area contributed by atoms with Crippen LogP contribution in [0.5, 0.6) is 0 Å². The van der Waals surface area contributed by atoms with E-state index in [2.05, 4.69) is 4.90 Å². The highest BCUT2D eigenvalue weighted by atomic mass is 35.5. The number of sulfonamides is 1. The molecule has 0 atom stereocenters. The highest BCUT2D eigenvalue weighted by molar-refractivity contribution is 7.92. The van der Waals surface area contributed by atoms with E-state index >= 15 is 0 Å². The minimum Gasteiger partial charge on any atom is -0.336 e. The van der Waals surface area contributed by atoms with Crippen molar-refractivity contribution in [1.29, 1.82) is 0 Å². The number of nitrogens with zero attached hydrogens (tertiary/aromatic N) is 3. The van der Waals surface area contributed by atoms with E-state index in [-0.39, 0.29) is 11.7 Å². The van der Waals surface area contributed by atoms with Gasteiger partial charge in [-0.1, -0.05) is 29.8 Å². The summed E-state index contributed by atoms with van der Waals surface area (Å²) in [5.41, 5.74) is 2.51. The number of benzene rings is 2. The Labute approximate surface area is 183 Å². The minimum absolute atomic E-state index is 0.0178. The molecule has 0 bridgehead atoms. The van der Waals surface area contributed by atoms with Crippen LogP contribution in [0.2, 0.25) is 5.02 Å². The molecule has 0 unspecified atom stereocenters. The molecule has 30 heavy (non-hydrogen) atoms. The summed E-state index contributed by atoms with van der Waals surface area (Å²) in [4.78, 5) is 16.8. The van der Waals surface area contributed by atoms with Gasteiger partial charge >= 0.3 is 0 Å². The van der Waals surface area contributed by atoms with Gasteiger partial charge in [-0.2, -0.15) is 0 Å². The van der Waals surface area contributed by atoms with Gasteiger partial charge in [-0.05, 0) is 48.7 Å². The summed E-state index contributed by atoms with van der Waals surface area (Å²) in [6.45, 7) is 4.30. The Kier molecular flexibility index (Phi) is 6.32. The molecule has 2 aromatic rings. The number of amides is 1. The van der Waals surface area contributed by atoms with Gasteiger partial charge in [0.05, 0.1) is 11.4 Å². The second kappa shape index (κ2) is 8.96. The zero-order valence-electron chi connectivity index (χ0n) is 16.8. The third kappa shape index (κ3) is 4.79. The SMILES string of the molecule is O=C(c1cccc(Cl)c1)N1CCN(Cc2ccc(N3CCCCS3(=O)=O)cc2)CC1. The van der Waals surface area contributed by atoms with Crippen LogP contribution >= 0.6 is 11.6 Å². The zero-order valence-corrected chi connectivity index (χ0v) is 18.4. The average Bonchev–Trinajstić information content (AvgIpc) is 2.74. The van der Waals surface area contributed by atoms with E-state index in [1.54, 1.807) is 24.3 Å². The van der Waals surface area contributed by atoms with E-state index in [4.69, 9.17) is 11.6 Å². The van der Waals surface area contributed by atoms with Crippen molar-refractivity contribution >= 4 is 33.2 Å². The number of carbonyl (C=O) groups is 1. The van der Waals surface area contributed by atoms with Gasteiger partial charge in [0.2, 0.25) is 10.0 Å². The third-order valence-corrected chi connectivity index (χ3v) is 7.82. The predicted octanol–water partition coefficient (Wildman–Crippen LogP) is 3.23. The van der Waals surface area contributed by atoms with Crippen molar-refractivity contribution < 1.29 is 13.2 Å². The van der Waals surface area contributed by atoms with Crippen LogP contribution in [0.1, 0.15) is 28.8 Å². The van der Waals surface area contributed by atoms with Gasteiger partial charge in [0.1, 0.15) is 0 Å². The summed E-state index contributed by atoms with van der Waals surface area (Å²) < 4.78 is 26.1. The number of halogens is 1. The lowest BCUT2D eigenvalue weighted by Crippen LogP contribution is -2.48. The van der Waals surface area contributed by atoms with Gasteiger partial charge in [-0.15, -0.1) is 0 Å². The van der Waals surface area contributed by atoms with Gasteiger partial charge in [-0.25, -0.2) is 8.42 Å². The summed E-state index contributed by atoms with van der Waals surface area (Å²) in [6, 6.07) is 14.9. The number of hydrogen-bond acceptors (Lipinski definition) is 4. The largest absolute Gasteiger partial charge is 0.336 e. The van der Waals surface area contributed by atoms with Gasteiger partial charge < -0.3 is 4.90 Å². The quantitative estimate of drug-likeness (QED) is 0.722. The second-order valence-corrected chi connectivity index (χ2v) is 10.3. The summed E-state index contributed by atoms with van der Waals surface area (Å²) >= 11 is 6.00. The van der Waals surface area contributed by atoms with E-state index < -0.39 is 10.0 Å². The Balaban J connectivity index is 1.32. The molecule has 2 saturated heterocycles. The Bertz CT molecular complexity index is 1000. The number of carbonyl (C=O) groups excluding carboxylic acids is 1. The van der Waals surface area contributed by atoms with Gasteiger partial charge in [0, 0.05) is 49.9 Å². The number of hydrogen-bond donors (Lipinski definition) is 0. The van der Waals surface area contributed by atoms with Crippen molar-refractivity contribution in [2.24, 2.45) is 0 Å². The summed E-state index contributed by atoms with van der Waals surface area (Å²) in [7, 11) is -3.18. The average molecular weight is 448 g/mol. The Morgan fingerprint density at radius 3 is 2.33 bits per heavy atom. The fourth-order valence-corrected chi connectivity index (χ4v) is 5.85. The summed E-state index contributed by atoms with van der Waals surface area (Å²) in [5, 5.41) is 0.570. The number of anilines is 1. The lowest BCUT2D eigenvalue weighted by atomic mass is 10.1. The topological polar surface area (TPSA) is 60.9 Å². The molecule has 0 radical (unpaired) electrons. The molecule has 160 valence electrons. The Morgan fingerprint density at radius 1 is 0.933 bits per heavy atom. The van der Waals surface area contributed by atoms with E-state index in [0.717, 1.165) is 43.7 Å². The fourth-order valence-electron chi connectivity index (χ4n) is 4.02.